The summed E-state index contributed by atoms with van der Waals surface area (Å²) in [4.78, 5) is 1.62. The Kier molecular flexibility index (Phi) is 2.74. The third-order valence-electron chi connectivity index (χ3n) is 2.43. The predicted molar refractivity (Wildman–Crippen MR) is 52.6 cm³/mol. The highest BCUT2D eigenvalue weighted by Gasteiger charge is 2.29. The van der Waals surface area contributed by atoms with Crippen molar-refractivity contribution in [2.75, 3.05) is 6.26 Å². The van der Waals surface area contributed by atoms with Gasteiger partial charge in [-0.2, -0.15) is 23.4 Å². The predicted octanol–water partition coefficient (Wildman–Crippen LogP) is 0.348. The molecular weight excluding hydrogens is 218 g/mol. The highest BCUT2D eigenvalue weighted by molar-refractivity contribution is 7.86. The number of rotatable bonds is 3. The lowest BCUT2D eigenvalue weighted by Gasteiger charge is -2.10. The third kappa shape index (κ3) is 2.75. The molecule has 0 amide bonds. The maximum absolute atomic E-state index is 10.9. The van der Waals surface area contributed by atoms with Crippen LogP contribution < -0.4 is 0 Å². The van der Waals surface area contributed by atoms with Crippen molar-refractivity contribution in [3.05, 3.63) is 12.4 Å². The van der Waals surface area contributed by atoms with Gasteiger partial charge in [0.25, 0.3) is 10.1 Å². The van der Waals surface area contributed by atoms with E-state index in [9.17, 15) is 8.42 Å². The first kappa shape index (κ1) is 10.6. The van der Waals surface area contributed by atoms with Crippen molar-refractivity contribution >= 4 is 10.1 Å². The van der Waals surface area contributed by atoms with E-state index in [1.807, 2.05) is 0 Å². The minimum atomic E-state index is -3.35. The summed E-state index contributed by atoms with van der Waals surface area (Å²) >= 11 is 0. The van der Waals surface area contributed by atoms with Gasteiger partial charge in [-0.3, -0.25) is 4.18 Å². The molecule has 2 unspecified atom stereocenters. The summed E-state index contributed by atoms with van der Waals surface area (Å²) in [7, 11) is -3.35. The van der Waals surface area contributed by atoms with Gasteiger partial charge in [0.1, 0.15) is 0 Å². The van der Waals surface area contributed by atoms with Gasteiger partial charge in [0.2, 0.25) is 0 Å². The fraction of sp³-hybridized carbons (Fsp3) is 0.750. The van der Waals surface area contributed by atoms with E-state index < -0.39 is 10.1 Å². The molecule has 7 heteroatoms. The second-order valence-electron chi connectivity index (χ2n) is 3.74. The molecule has 2 atom stereocenters. The highest BCUT2D eigenvalue weighted by Crippen LogP contribution is 2.31. The first-order valence-corrected chi connectivity index (χ1v) is 6.60. The van der Waals surface area contributed by atoms with Gasteiger partial charge in [-0.15, -0.1) is 0 Å². The van der Waals surface area contributed by atoms with Crippen LogP contribution in [-0.2, 0) is 14.3 Å². The summed E-state index contributed by atoms with van der Waals surface area (Å²) in [5, 5.41) is 8.06. The zero-order valence-electron chi connectivity index (χ0n) is 8.41. The van der Waals surface area contributed by atoms with E-state index in [2.05, 4.69) is 10.2 Å². The van der Waals surface area contributed by atoms with Gasteiger partial charge < -0.3 is 0 Å². The van der Waals surface area contributed by atoms with Crippen LogP contribution in [0.1, 0.15) is 25.3 Å². The first-order chi connectivity index (χ1) is 7.04. The van der Waals surface area contributed by atoms with Gasteiger partial charge in [-0.25, -0.2) is 0 Å². The fourth-order valence-corrected chi connectivity index (χ4v) is 2.55. The van der Waals surface area contributed by atoms with Crippen molar-refractivity contribution in [3.63, 3.8) is 0 Å². The van der Waals surface area contributed by atoms with Crippen LogP contribution in [0.25, 0.3) is 0 Å². The molecular formula is C8H13N3O3S. The van der Waals surface area contributed by atoms with Crippen LogP contribution >= 0.6 is 0 Å². The maximum Gasteiger partial charge on any atom is 0.264 e. The molecule has 1 aliphatic carbocycles. The monoisotopic (exact) mass is 231 g/mol. The second kappa shape index (κ2) is 3.90. The average molecular weight is 231 g/mol. The van der Waals surface area contributed by atoms with Crippen molar-refractivity contribution in [2.24, 2.45) is 0 Å². The summed E-state index contributed by atoms with van der Waals surface area (Å²) in [6.45, 7) is 0. The molecule has 0 radical (unpaired) electrons. The summed E-state index contributed by atoms with van der Waals surface area (Å²) in [6, 6.07) is 0.159. The molecule has 84 valence electrons. The van der Waals surface area contributed by atoms with Crippen LogP contribution in [0.15, 0.2) is 12.4 Å². The zero-order valence-corrected chi connectivity index (χ0v) is 9.22. The van der Waals surface area contributed by atoms with E-state index in [0.29, 0.717) is 6.42 Å². The van der Waals surface area contributed by atoms with Gasteiger partial charge in [-0.1, -0.05) is 0 Å². The van der Waals surface area contributed by atoms with Crippen molar-refractivity contribution < 1.29 is 12.6 Å². The Bertz CT molecular complexity index is 414. The van der Waals surface area contributed by atoms with E-state index in [4.69, 9.17) is 4.18 Å². The molecule has 1 heterocycles. The number of aromatic nitrogens is 3. The Morgan fingerprint density at radius 2 is 2.00 bits per heavy atom. The van der Waals surface area contributed by atoms with Crippen LogP contribution in [0.2, 0.25) is 0 Å². The van der Waals surface area contributed by atoms with E-state index in [1.54, 1.807) is 17.2 Å². The Morgan fingerprint density at radius 3 is 2.60 bits per heavy atom. The van der Waals surface area contributed by atoms with Crippen LogP contribution in [0.4, 0.5) is 0 Å². The lowest BCUT2D eigenvalue weighted by atomic mass is 10.3. The van der Waals surface area contributed by atoms with E-state index in [0.717, 1.165) is 19.1 Å². The van der Waals surface area contributed by atoms with Crippen LogP contribution in [0.5, 0.6) is 0 Å². The van der Waals surface area contributed by atoms with Gasteiger partial charge >= 0.3 is 0 Å². The van der Waals surface area contributed by atoms with Gasteiger partial charge in [-0.05, 0) is 19.3 Å². The molecule has 1 aromatic heterocycles. The normalized spacial score (nSPS) is 27.0. The molecule has 0 aliphatic heterocycles. The average Bonchev–Trinajstić information content (AvgIpc) is 2.68. The zero-order chi connectivity index (χ0) is 10.9. The second-order valence-corrected chi connectivity index (χ2v) is 5.34. The molecule has 6 nitrogen and oxygen atoms in total. The SMILES string of the molecule is CS(=O)(=O)OC1CCC(n2nccn2)C1. The summed E-state index contributed by atoms with van der Waals surface area (Å²) in [5.74, 6) is 0. The molecule has 15 heavy (non-hydrogen) atoms. The number of hydrogen-bond acceptors (Lipinski definition) is 5. The quantitative estimate of drug-likeness (QED) is 0.702. The van der Waals surface area contributed by atoms with Crippen molar-refractivity contribution in [1.29, 1.82) is 0 Å². The van der Waals surface area contributed by atoms with Gasteiger partial charge in [0.15, 0.2) is 0 Å². The molecule has 1 fully saturated rings. The molecule has 0 N–H and O–H groups in total. The first-order valence-electron chi connectivity index (χ1n) is 4.78. The molecule has 1 saturated carbocycles. The summed E-state index contributed by atoms with van der Waals surface area (Å²) in [6.07, 6.45) is 6.33. The largest absolute Gasteiger partial charge is 0.267 e. The minimum absolute atomic E-state index is 0.159. The Hall–Kier alpha value is -0.950. The van der Waals surface area contributed by atoms with E-state index in [1.165, 1.54) is 0 Å². The van der Waals surface area contributed by atoms with Gasteiger partial charge in [0, 0.05) is 0 Å². The van der Waals surface area contributed by atoms with Crippen LogP contribution in [-0.4, -0.2) is 35.8 Å². The molecule has 1 aromatic rings. The molecule has 0 spiro atoms. The van der Waals surface area contributed by atoms with Crippen LogP contribution in [0, 0.1) is 0 Å². The summed E-state index contributed by atoms with van der Waals surface area (Å²) < 4.78 is 26.8. The van der Waals surface area contributed by atoms with E-state index >= 15 is 0 Å². The lowest BCUT2D eigenvalue weighted by molar-refractivity contribution is 0.211. The molecule has 0 aromatic carbocycles. The standard InChI is InChI=1S/C8H13N3O3S/c1-15(12,13)14-8-3-2-7(6-8)11-9-4-5-10-11/h4-5,7-8H,2-3,6H2,1H3. The fourth-order valence-electron chi connectivity index (χ4n) is 1.88. The molecule has 0 saturated heterocycles. The Morgan fingerprint density at radius 1 is 1.33 bits per heavy atom. The topological polar surface area (TPSA) is 74.1 Å². The van der Waals surface area contributed by atoms with Crippen LogP contribution in [0.3, 0.4) is 0 Å². The molecule has 1 aliphatic rings. The molecule has 2 rings (SSSR count). The van der Waals surface area contributed by atoms with Crippen molar-refractivity contribution in [2.45, 2.75) is 31.4 Å². The maximum atomic E-state index is 10.9. The lowest BCUT2D eigenvalue weighted by Crippen LogP contribution is -2.16. The highest BCUT2D eigenvalue weighted by atomic mass is 32.2. The Balaban J connectivity index is 1.96. The van der Waals surface area contributed by atoms with E-state index in [-0.39, 0.29) is 12.1 Å². The third-order valence-corrected chi connectivity index (χ3v) is 3.05. The number of nitrogens with zero attached hydrogens (tertiary/aromatic N) is 3. The van der Waals surface area contributed by atoms with Crippen molar-refractivity contribution in [3.8, 4) is 0 Å². The summed E-state index contributed by atoms with van der Waals surface area (Å²) in [5.41, 5.74) is 0. The van der Waals surface area contributed by atoms with Crippen molar-refractivity contribution in [1.82, 2.24) is 15.0 Å². The Labute approximate surface area is 88.4 Å². The smallest absolute Gasteiger partial charge is 0.264 e. The molecule has 0 bridgehead atoms. The minimum Gasteiger partial charge on any atom is -0.267 e. The number of hydrogen-bond donors (Lipinski definition) is 0. The van der Waals surface area contributed by atoms with Gasteiger partial charge in [0.05, 0.1) is 30.8 Å².